The normalized spacial score (nSPS) is 14.7. The maximum Gasteiger partial charge on any atom is 0.119 e. The second-order valence-corrected chi connectivity index (χ2v) is 3.73. The first-order chi connectivity index (χ1) is 7.09. The van der Waals surface area contributed by atoms with Crippen molar-refractivity contribution >= 4 is 0 Å². The summed E-state index contributed by atoms with van der Waals surface area (Å²) in [5.74, 6) is 0.731. The molecule has 0 fully saturated rings. The van der Waals surface area contributed by atoms with Gasteiger partial charge in [-0.1, -0.05) is 12.1 Å². The van der Waals surface area contributed by atoms with Crippen LogP contribution in [0.3, 0.4) is 0 Å². The number of aliphatic hydroxyl groups excluding tert-OH is 2. The summed E-state index contributed by atoms with van der Waals surface area (Å²) in [7, 11) is 0. The Kier molecular flexibility index (Phi) is 4.59. The molecular formula is C12H18O3. The largest absolute Gasteiger partial charge is 0.493 e. The number of aliphatic hydroxyl groups is 2. The fraction of sp³-hybridized carbons (Fsp3) is 0.500. The van der Waals surface area contributed by atoms with Crippen LogP contribution in [0, 0.1) is 0 Å². The zero-order valence-electron chi connectivity index (χ0n) is 9.18. The average molecular weight is 210 g/mol. The van der Waals surface area contributed by atoms with E-state index in [1.165, 1.54) is 0 Å². The van der Waals surface area contributed by atoms with Crippen molar-refractivity contribution < 1.29 is 14.9 Å². The van der Waals surface area contributed by atoms with E-state index in [0.717, 1.165) is 11.3 Å². The highest BCUT2D eigenvalue weighted by Gasteiger charge is 2.02. The van der Waals surface area contributed by atoms with Gasteiger partial charge in [-0.15, -0.1) is 0 Å². The second kappa shape index (κ2) is 5.73. The van der Waals surface area contributed by atoms with Crippen molar-refractivity contribution in [1.82, 2.24) is 0 Å². The van der Waals surface area contributed by atoms with E-state index < -0.39 is 6.10 Å². The van der Waals surface area contributed by atoms with Crippen molar-refractivity contribution in [3.63, 3.8) is 0 Å². The van der Waals surface area contributed by atoms with E-state index in [1.54, 1.807) is 13.8 Å². The monoisotopic (exact) mass is 210 g/mol. The molecule has 0 bridgehead atoms. The molecule has 0 saturated carbocycles. The summed E-state index contributed by atoms with van der Waals surface area (Å²) in [4.78, 5) is 0. The lowest BCUT2D eigenvalue weighted by molar-refractivity contribution is 0.155. The first-order valence-electron chi connectivity index (χ1n) is 5.18. The SMILES string of the molecule is CC(O)CCOc1cccc([C@@H](C)O)c1. The quantitative estimate of drug-likeness (QED) is 0.780. The lowest BCUT2D eigenvalue weighted by Crippen LogP contribution is -2.07. The van der Waals surface area contributed by atoms with Gasteiger partial charge in [0.25, 0.3) is 0 Å². The third-order valence-electron chi connectivity index (χ3n) is 2.14. The zero-order valence-corrected chi connectivity index (χ0v) is 9.18. The summed E-state index contributed by atoms with van der Waals surface area (Å²) in [6, 6.07) is 7.35. The summed E-state index contributed by atoms with van der Waals surface area (Å²) in [6.45, 7) is 3.94. The van der Waals surface area contributed by atoms with Gasteiger partial charge in [0.1, 0.15) is 5.75 Å². The molecule has 0 amide bonds. The van der Waals surface area contributed by atoms with E-state index in [-0.39, 0.29) is 6.10 Å². The van der Waals surface area contributed by atoms with Gasteiger partial charge in [-0.2, -0.15) is 0 Å². The molecule has 1 aromatic rings. The van der Waals surface area contributed by atoms with Gasteiger partial charge in [0, 0.05) is 6.42 Å². The molecule has 1 rings (SSSR count). The average Bonchev–Trinajstić information content (AvgIpc) is 2.17. The number of ether oxygens (including phenoxy) is 1. The fourth-order valence-electron chi connectivity index (χ4n) is 1.21. The van der Waals surface area contributed by atoms with Crippen molar-refractivity contribution in [1.29, 1.82) is 0 Å². The molecule has 1 aromatic carbocycles. The maximum absolute atomic E-state index is 9.37. The third-order valence-corrected chi connectivity index (χ3v) is 2.14. The molecule has 0 heterocycles. The van der Waals surface area contributed by atoms with E-state index >= 15 is 0 Å². The molecule has 0 aromatic heterocycles. The summed E-state index contributed by atoms with van der Waals surface area (Å²) >= 11 is 0. The van der Waals surface area contributed by atoms with Crippen LogP contribution in [-0.4, -0.2) is 22.9 Å². The van der Waals surface area contributed by atoms with Gasteiger partial charge in [-0.05, 0) is 31.5 Å². The lowest BCUT2D eigenvalue weighted by Gasteiger charge is -2.10. The minimum Gasteiger partial charge on any atom is -0.493 e. The van der Waals surface area contributed by atoms with Crippen molar-refractivity contribution in [3.8, 4) is 5.75 Å². The van der Waals surface area contributed by atoms with Crippen LogP contribution in [0.2, 0.25) is 0 Å². The van der Waals surface area contributed by atoms with E-state index in [1.807, 2.05) is 24.3 Å². The first kappa shape index (κ1) is 12.0. The van der Waals surface area contributed by atoms with E-state index in [0.29, 0.717) is 13.0 Å². The molecule has 0 aliphatic carbocycles. The molecule has 2 atom stereocenters. The number of benzene rings is 1. The zero-order chi connectivity index (χ0) is 11.3. The molecule has 0 spiro atoms. The van der Waals surface area contributed by atoms with Crippen LogP contribution in [-0.2, 0) is 0 Å². The van der Waals surface area contributed by atoms with E-state index in [9.17, 15) is 5.11 Å². The molecule has 0 aliphatic rings. The van der Waals surface area contributed by atoms with E-state index in [2.05, 4.69) is 0 Å². The van der Waals surface area contributed by atoms with E-state index in [4.69, 9.17) is 9.84 Å². The summed E-state index contributed by atoms with van der Waals surface area (Å²) in [6.07, 6.45) is -0.214. The Labute approximate surface area is 90.3 Å². The van der Waals surface area contributed by atoms with Gasteiger partial charge in [-0.3, -0.25) is 0 Å². The lowest BCUT2D eigenvalue weighted by atomic mass is 10.1. The topological polar surface area (TPSA) is 49.7 Å². The Morgan fingerprint density at radius 3 is 2.60 bits per heavy atom. The Hall–Kier alpha value is -1.06. The number of hydrogen-bond acceptors (Lipinski definition) is 3. The number of hydrogen-bond donors (Lipinski definition) is 2. The van der Waals surface area contributed by atoms with Gasteiger partial charge in [0.2, 0.25) is 0 Å². The van der Waals surface area contributed by atoms with Crippen molar-refractivity contribution in [3.05, 3.63) is 29.8 Å². The molecule has 2 N–H and O–H groups in total. The summed E-state index contributed by atoms with van der Waals surface area (Å²) in [5.41, 5.74) is 0.838. The molecule has 3 nitrogen and oxygen atoms in total. The smallest absolute Gasteiger partial charge is 0.119 e. The molecular weight excluding hydrogens is 192 g/mol. The molecule has 0 aliphatic heterocycles. The first-order valence-corrected chi connectivity index (χ1v) is 5.18. The predicted octanol–water partition coefficient (Wildman–Crippen LogP) is 1.89. The molecule has 15 heavy (non-hydrogen) atoms. The van der Waals surface area contributed by atoms with Crippen LogP contribution >= 0.6 is 0 Å². The van der Waals surface area contributed by atoms with Crippen LogP contribution < -0.4 is 4.74 Å². The number of rotatable bonds is 5. The standard InChI is InChI=1S/C12H18O3/c1-9(13)6-7-15-12-5-3-4-11(8-12)10(2)14/h3-5,8-10,13-14H,6-7H2,1-2H3/t9?,10-/m1/s1. The predicted molar refractivity (Wildman–Crippen MR) is 58.9 cm³/mol. The van der Waals surface area contributed by atoms with Crippen LogP contribution in [0.1, 0.15) is 31.9 Å². The summed E-state index contributed by atoms with van der Waals surface area (Å²) in [5, 5.41) is 18.4. The molecule has 3 heteroatoms. The van der Waals surface area contributed by atoms with Crippen LogP contribution in [0.5, 0.6) is 5.75 Å². The van der Waals surface area contributed by atoms with Crippen LogP contribution in [0.15, 0.2) is 24.3 Å². The van der Waals surface area contributed by atoms with Gasteiger partial charge in [0.05, 0.1) is 18.8 Å². The van der Waals surface area contributed by atoms with Crippen molar-refractivity contribution in [2.75, 3.05) is 6.61 Å². The van der Waals surface area contributed by atoms with Crippen LogP contribution in [0.25, 0.3) is 0 Å². The maximum atomic E-state index is 9.37. The molecule has 0 radical (unpaired) electrons. The van der Waals surface area contributed by atoms with Gasteiger partial charge >= 0.3 is 0 Å². The highest BCUT2D eigenvalue weighted by molar-refractivity contribution is 5.29. The second-order valence-electron chi connectivity index (χ2n) is 3.73. The molecule has 84 valence electrons. The highest BCUT2D eigenvalue weighted by atomic mass is 16.5. The Morgan fingerprint density at radius 2 is 2.00 bits per heavy atom. The molecule has 1 unspecified atom stereocenters. The van der Waals surface area contributed by atoms with Crippen LogP contribution in [0.4, 0.5) is 0 Å². The Bertz CT molecular complexity index is 295. The van der Waals surface area contributed by atoms with Crippen molar-refractivity contribution in [2.24, 2.45) is 0 Å². The Morgan fingerprint density at radius 1 is 1.27 bits per heavy atom. The Balaban J connectivity index is 2.50. The van der Waals surface area contributed by atoms with Gasteiger partial charge < -0.3 is 14.9 Å². The van der Waals surface area contributed by atoms with Gasteiger partial charge in [0.15, 0.2) is 0 Å². The van der Waals surface area contributed by atoms with Crippen molar-refractivity contribution in [2.45, 2.75) is 32.5 Å². The fourth-order valence-corrected chi connectivity index (χ4v) is 1.21. The minimum atomic E-state index is -0.481. The molecule has 0 saturated heterocycles. The third kappa shape index (κ3) is 4.32. The highest BCUT2D eigenvalue weighted by Crippen LogP contribution is 2.18. The minimum absolute atomic E-state index is 0.343. The summed E-state index contributed by atoms with van der Waals surface area (Å²) < 4.78 is 5.44. The van der Waals surface area contributed by atoms with Gasteiger partial charge in [-0.25, -0.2) is 0 Å².